The molecule has 1 aliphatic rings. The van der Waals surface area contributed by atoms with E-state index in [2.05, 4.69) is 11.9 Å². The Morgan fingerprint density at radius 2 is 2.11 bits per heavy atom. The van der Waals surface area contributed by atoms with E-state index in [0.717, 1.165) is 50.6 Å². The molecule has 0 radical (unpaired) electrons. The van der Waals surface area contributed by atoms with E-state index in [-0.39, 0.29) is 5.75 Å². The fourth-order valence-electron chi connectivity index (χ4n) is 2.39. The summed E-state index contributed by atoms with van der Waals surface area (Å²) in [5.74, 6) is 0.879. The molecule has 18 heavy (non-hydrogen) atoms. The first-order valence-electron chi connectivity index (χ1n) is 6.39. The molecule has 0 spiro atoms. The second-order valence-electron chi connectivity index (χ2n) is 5.04. The van der Waals surface area contributed by atoms with Crippen LogP contribution in [-0.2, 0) is 11.3 Å². The molecule has 0 saturated carbocycles. The van der Waals surface area contributed by atoms with Gasteiger partial charge in [0.2, 0.25) is 0 Å². The first-order chi connectivity index (χ1) is 8.65. The first-order valence-corrected chi connectivity index (χ1v) is 6.76. The third-order valence-electron chi connectivity index (χ3n) is 3.38. The zero-order valence-electron chi connectivity index (χ0n) is 10.7. The quantitative estimate of drug-likeness (QED) is 0.912. The highest BCUT2D eigenvalue weighted by atomic mass is 35.5. The lowest BCUT2D eigenvalue weighted by Gasteiger charge is -2.27. The number of ether oxygens (including phenoxy) is 1. The molecule has 4 heteroatoms. The molecule has 0 amide bonds. The van der Waals surface area contributed by atoms with Crippen molar-refractivity contribution in [1.82, 2.24) is 4.90 Å². The average Bonchev–Trinajstić information content (AvgIpc) is 2.35. The maximum atomic E-state index is 9.38. The van der Waals surface area contributed by atoms with Crippen LogP contribution in [0.1, 0.15) is 18.4 Å². The molecule has 1 aromatic rings. The van der Waals surface area contributed by atoms with Gasteiger partial charge in [0.1, 0.15) is 5.75 Å². The Morgan fingerprint density at radius 3 is 2.78 bits per heavy atom. The fraction of sp³-hybridized carbons (Fsp3) is 0.571. The minimum absolute atomic E-state index is 0.146. The smallest absolute Gasteiger partial charge is 0.134 e. The van der Waals surface area contributed by atoms with E-state index >= 15 is 0 Å². The van der Waals surface area contributed by atoms with E-state index in [1.165, 1.54) is 0 Å². The summed E-state index contributed by atoms with van der Waals surface area (Å²) in [6.07, 6.45) is 2.31. The summed E-state index contributed by atoms with van der Waals surface area (Å²) in [5, 5.41) is 9.80. The minimum Gasteiger partial charge on any atom is -0.506 e. The van der Waals surface area contributed by atoms with Crippen LogP contribution in [0, 0.1) is 5.92 Å². The Morgan fingerprint density at radius 1 is 1.39 bits per heavy atom. The Hall–Kier alpha value is -0.770. The summed E-state index contributed by atoms with van der Waals surface area (Å²) in [5.41, 5.74) is 1.13. The molecule has 0 aromatic heterocycles. The Kier molecular flexibility index (Phi) is 4.87. The lowest BCUT2D eigenvalue weighted by atomic mass is 10.00. The van der Waals surface area contributed by atoms with Crippen LogP contribution in [0.3, 0.4) is 0 Å². The number of halogens is 1. The van der Waals surface area contributed by atoms with Crippen LogP contribution in [0.15, 0.2) is 18.2 Å². The minimum atomic E-state index is 0.146. The van der Waals surface area contributed by atoms with E-state index in [0.29, 0.717) is 5.02 Å². The van der Waals surface area contributed by atoms with E-state index in [4.69, 9.17) is 16.3 Å². The number of phenolic OH excluding ortho intramolecular Hbond substituents is 1. The number of aromatic hydroxyl groups is 1. The molecule has 1 saturated heterocycles. The molecule has 0 unspecified atom stereocenters. The van der Waals surface area contributed by atoms with Gasteiger partial charge in [-0.3, -0.25) is 0 Å². The predicted molar refractivity (Wildman–Crippen MR) is 73.0 cm³/mol. The summed E-state index contributed by atoms with van der Waals surface area (Å²) in [7, 11) is 2.12. The van der Waals surface area contributed by atoms with Crippen molar-refractivity contribution in [3.63, 3.8) is 0 Å². The molecule has 1 fully saturated rings. The van der Waals surface area contributed by atoms with Crippen LogP contribution in [-0.4, -0.2) is 36.8 Å². The van der Waals surface area contributed by atoms with Gasteiger partial charge in [-0.25, -0.2) is 0 Å². The second-order valence-corrected chi connectivity index (χ2v) is 5.45. The van der Waals surface area contributed by atoms with Crippen LogP contribution >= 0.6 is 11.6 Å². The average molecular weight is 270 g/mol. The van der Waals surface area contributed by atoms with Crippen molar-refractivity contribution < 1.29 is 9.84 Å². The van der Waals surface area contributed by atoms with Crippen LogP contribution in [0.25, 0.3) is 0 Å². The largest absolute Gasteiger partial charge is 0.506 e. The van der Waals surface area contributed by atoms with E-state index in [1.54, 1.807) is 6.07 Å². The van der Waals surface area contributed by atoms with Crippen LogP contribution < -0.4 is 0 Å². The Balaban J connectivity index is 1.85. The zero-order chi connectivity index (χ0) is 13.0. The van der Waals surface area contributed by atoms with Crippen molar-refractivity contribution >= 4 is 11.6 Å². The summed E-state index contributed by atoms with van der Waals surface area (Å²) in [4.78, 5) is 2.30. The maximum absolute atomic E-state index is 9.38. The van der Waals surface area contributed by atoms with Crippen molar-refractivity contribution in [2.45, 2.75) is 19.4 Å². The Bertz CT molecular complexity index is 391. The van der Waals surface area contributed by atoms with Crippen molar-refractivity contribution in [3.05, 3.63) is 28.8 Å². The molecule has 0 atom stereocenters. The summed E-state index contributed by atoms with van der Waals surface area (Å²) in [6, 6.07) is 5.40. The van der Waals surface area contributed by atoms with Gasteiger partial charge >= 0.3 is 0 Å². The van der Waals surface area contributed by atoms with Crippen molar-refractivity contribution in [2.24, 2.45) is 5.92 Å². The normalized spacial score (nSPS) is 17.3. The molecule has 1 aliphatic heterocycles. The third kappa shape index (κ3) is 3.87. The fourth-order valence-corrected chi connectivity index (χ4v) is 2.60. The van der Waals surface area contributed by atoms with Gasteiger partial charge in [0.25, 0.3) is 0 Å². The standard InChI is InChI=1S/C14H20ClNO2/c1-16(9-11-4-6-18-7-5-11)10-12-2-3-14(17)13(15)8-12/h2-3,8,11,17H,4-7,9-10H2,1H3. The van der Waals surface area contributed by atoms with Gasteiger partial charge < -0.3 is 14.7 Å². The number of hydrogen-bond donors (Lipinski definition) is 1. The molecule has 100 valence electrons. The van der Waals surface area contributed by atoms with Gasteiger partial charge in [-0.2, -0.15) is 0 Å². The zero-order valence-corrected chi connectivity index (χ0v) is 11.5. The summed E-state index contributed by atoms with van der Waals surface area (Å²) < 4.78 is 5.36. The summed E-state index contributed by atoms with van der Waals surface area (Å²) >= 11 is 5.90. The van der Waals surface area contributed by atoms with Gasteiger partial charge in [-0.05, 0) is 43.5 Å². The van der Waals surface area contributed by atoms with Crippen LogP contribution in [0.4, 0.5) is 0 Å². The Labute approximate surface area is 113 Å². The van der Waals surface area contributed by atoms with E-state index in [9.17, 15) is 5.11 Å². The van der Waals surface area contributed by atoms with Crippen LogP contribution in [0.5, 0.6) is 5.75 Å². The lowest BCUT2D eigenvalue weighted by Crippen LogP contribution is -2.29. The maximum Gasteiger partial charge on any atom is 0.134 e. The SMILES string of the molecule is CN(Cc1ccc(O)c(Cl)c1)CC1CCOCC1. The van der Waals surface area contributed by atoms with Gasteiger partial charge in [0, 0.05) is 26.3 Å². The second kappa shape index (κ2) is 6.41. The van der Waals surface area contributed by atoms with Gasteiger partial charge in [-0.15, -0.1) is 0 Å². The van der Waals surface area contributed by atoms with Crippen molar-refractivity contribution in [2.75, 3.05) is 26.8 Å². The van der Waals surface area contributed by atoms with Crippen LogP contribution in [0.2, 0.25) is 5.02 Å². The van der Waals surface area contributed by atoms with E-state index in [1.807, 2.05) is 12.1 Å². The molecular formula is C14H20ClNO2. The van der Waals surface area contributed by atoms with Gasteiger partial charge in [-0.1, -0.05) is 17.7 Å². The first kappa shape index (κ1) is 13.7. The molecule has 2 rings (SSSR count). The molecule has 1 aromatic carbocycles. The highest BCUT2D eigenvalue weighted by Gasteiger charge is 2.15. The highest BCUT2D eigenvalue weighted by Crippen LogP contribution is 2.24. The lowest BCUT2D eigenvalue weighted by molar-refractivity contribution is 0.0549. The predicted octanol–water partition coefficient (Wildman–Crippen LogP) is 2.90. The van der Waals surface area contributed by atoms with Gasteiger partial charge in [0.15, 0.2) is 0 Å². The topological polar surface area (TPSA) is 32.7 Å². The number of rotatable bonds is 4. The highest BCUT2D eigenvalue weighted by molar-refractivity contribution is 6.32. The summed E-state index contributed by atoms with van der Waals surface area (Å²) in [6.45, 7) is 3.73. The number of benzene rings is 1. The molecule has 0 aliphatic carbocycles. The number of phenols is 1. The molecular weight excluding hydrogens is 250 g/mol. The molecule has 0 bridgehead atoms. The van der Waals surface area contributed by atoms with Crippen molar-refractivity contribution in [1.29, 1.82) is 0 Å². The molecule has 1 N–H and O–H groups in total. The monoisotopic (exact) mass is 269 g/mol. The van der Waals surface area contributed by atoms with Gasteiger partial charge in [0.05, 0.1) is 5.02 Å². The molecule has 1 heterocycles. The van der Waals surface area contributed by atoms with E-state index < -0.39 is 0 Å². The van der Waals surface area contributed by atoms with Crippen molar-refractivity contribution in [3.8, 4) is 5.75 Å². The third-order valence-corrected chi connectivity index (χ3v) is 3.68. The number of nitrogens with zero attached hydrogens (tertiary/aromatic N) is 1. The number of hydrogen-bond acceptors (Lipinski definition) is 3. The molecule has 3 nitrogen and oxygen atoms in total.